The van der Waals surface area contributed by atoms with Gasteiger partial charge in [-0.15, -0.1) is 0 Å². The molecular formula is C13H21ClN2O2. The SMILES string of the molecule is COCCOCCC(NN)c1ccc(C)c(Cl)c1. The minimum atomic E-state index is 0.0469. The average molecular weight is 273 g/mol. The molecule has 0 saturated heterocycles. The second kappa shape index (κ2) is 8.45. The first-order valence-electron chi connectivity index (χ1n) is 5.98. The smallest absolute Gasteiger partial charge is 0.0700 e. The highest BCUT2D eigenvalue weighted by molar-refractivity contribution is 6.31. The monoisotopic (exact) mass is 272 g/mol. The summed E-state index contributed by atoms with van der Waals surface area (Å²) in [5.41, 5.74) is 4.92. The summed E-state index contributed by atoms with van der Waals surface area (Å²) in [4.78, 5) is 0. The Bertz CT molecular complexity index is 361. The van der Waals surface area contributed by atoms with Crippen LogP contribution in [0, 0.1) is 6.92 Å². The van der Waals surface area contributed by atoms with Crippen molar-refractivity contribution in [3.8, 4) is 0 Å². The zero-order valence-electron chi connectivity index (χ0n) is 10.9. The zero-order chi connectivity index (χ0) is 13.4. The molecule has 0 bridgehead atoms. The summed E-state index contributed by atoms with van der Waals surface area (Å²) in [6.07, 6.45) is 0.791. The summed E-state index contributed by atoms with van der Waals surface area (Å²) in [5, 5.41) is 0.757. The Morgan fingerprint density at radius 2 is 2.11 bits per heavy atom. The van der Waals surface area contributed by atoms with Crippen LogP contribution in [-0.2, 0) is 9.47 Å². The number of hydrogen-bond donors (Lipinski definition) is 2. The molecule has 3 N–H and O–H groups in total. The van der Waals surface area contributed by atoms with E-state index in [-0.39, 0.29) is 6.04 Å². The van der Waals surface area contributed by atoms with Crippen LogP contribution in [0.2, 0.25) is 5.02 Å². The Hall–Kier alpha value is -0.650. The topological polar surface area (TPSA) is 56.5 Å². The van der Waals surface area contributed by atoms with Crippen LogP contribution in [0.15, 0.2) is 18.2 Å². The lowest BCUT2D eigenvalue weighted by Crippen LogP contribution is -2.29. The summed E-state index contributed by atoms with van der Waals surface area (Å²) in [6, 6.07) is 6.01. The number of rotatable bonds is 8. The molecular weight excluding hydrogens is 252 g/mol. The molecule has 1 rings (SSSR count). The lowest BCUT2D eigenvalue weighted by Gasteiger charge is -2.17. The number of nitrogens with two attached hydrogens (primary N) is 1. The van der Waals surface area contributed by atoms with Crippen molar-refractivity contribution < 1.29 is 9.47 Å². The van der Waals surface area contributed by atoms with E-state index in [1.165, 1.54) is 0 Å². The Morgan fingerprint density at radius 3 is 2.72 bits per heavy atom. The van der Waals surface area contributed by atoms with Gasteiger partial charge in [0.2, 0.25) is 0 Å². The van der Waals surface area contributed by atoms with Crippen LogP contribution < -0.4 is 11.3 Å². The Labute approximate surface area is 113 Å². The molecule has 4 nitrogen and oxygen atoms in total. The summed E-state index contributed by atoms with van der Waals surface area (Å²) in [7, 11) is 1.65. The summed E-state index contributed by atoms with van der Waals surface area (Å²) in [6.45, 7) is 3.81. The van der Waals surface area contributed by atoms with Gasteiger partial charge in [0.25, 0.3) is 0 Å². The summed E-state index contributed by atoms with van der Waals surface area (Å²) >= 11 is 6.10. The Kier molecular flexibility index (Phi) is 7.23. The third-order valence-corrected chi connectivity index (χ3v) is 3.19. The van der Waals surface area contributed by atoms with Crippen molar-refractivity contribution in [3.63, 3.8) is 0 Å². The molecule has 0 aliphatic heterocycles. The normalized spacial score (nSPS) is 12.7. The van der Waals surface area contributed by atoms with Gasteiger partial charge in [-0.3, -0.25) is 11.3 Å². The van der Waals surface area contributed by atoms with Gasteiger partial charge in [0.15, 0.2) is 0 Å². The number of ether oxygens (including phenoxy) is 2. The quantitative estimate of drug-likeness (QED) is 0.433. The third kappa shape index (κ3) is 4.92. The highest BCUT2D eigenvalue weighted by atomic mass is 35.5. The lowest BCUT2D eigenvalue weighted by atomic mass is 10.0. The largest absolute Gasteiger partial charge is 0.382 e. The fourth-order valence-electron chi connectivity index (χ4n) is 1.62. The molecule has 18 heavy (non-hydrogen) atoms. The van der Waals surface area contributed by atoms with Crippen molar-refractivity contribution in [2.75, 3.05) is 26.9 Å². The summed E-state index contributed by atoms with van der Waals surface area (Å²) in [5.74, 6) is 5.56. The third-order valence-electron chi connectivity index (χ3n) is 2.78. The molecule has 0 fully saturated rings. The van der Waals surface area contributed by atoms with Crippen molar-refractivity contribution in [1.82, 2.24) is 5.43 Å². The van der Waals surface area contributed by atoms with E-state index in [0.717, 1.165) is 22.6 Å². The Balaban J connectivity index is 2.47. The number of benzene rings is 1. The van der Waals surface area contributed by atoms with Crippen molar-refractivity contribution >= 4 is 11.6 Å². The first kappa shape index (κ1) is 15.4. The van der Waals surface area contributed by atoms with Crippen LogP contribution >= 0.6 is 11.6 Å². The summed E-state index contributed by atoms with van der Waals surface area (Å²) < 4.78 is 10.3. The number of hydrazine groups is 1. The van der Waals surface area contributed by atoms with Gasteiger partial charge in [-0.25, -0.2) is 0 Å². The fourth-order valence-corrected chi connectivity index (χ4v) is 1.81. The van der Waals surface area contributed by atoms with E-state index in [4.69, 9.17) is 26.9 Å². The van der Waals surface area contributed by atoms with Crippen LogP contribution in [0.4, 0.5) is 0 Å². The van der Waals surface area contributed by atoms with Crippen molar-refractivity contribution in [2.45, 2.75) is 19.4 Å². The molecule has 0 saturated carbocycles. The van der Waals surface area contributed by atoms with E-state index < -0.39 is 0 Å². The average Bonchev–Trinajstić information content (AvgIpc) is 2.37. The van der Waals surface area contributed by atoms with Crippen molar-refractivity contribution in [1.29, 1.82) is 0 Å². The molecule has 0 heterocycles. The first-order chi connectivity index (χ1) is 8.69. The van der Waals surface area contributed by atoms with Crippen molar-refractivity contribution in [2.24, 2.45) is 5.84 Å². The maximum atomic E-state index is 6.10. The minimum absolute atomic E-state index is 0.0469. The minimum Gasteiger partial charge on any atom is -0.382 e. The van der Waals surface area contributed by atoms with Gasteiger partial charge in [0.1, 0.15) is 0 Å². The number of halogens is 1. The molecule has 1 aromatic carbocycles. The number of nitrogens with one attached hydrogen (secondary N) is 1. The molecule has 0 spiro atoms. The van der Waals surface area contributed by atoms with E-state index in [2.05, 4.69) is 5.43 Å². The number of methoxy groups -OCH3 is 1. The highest BCUT2D eigenvalue weighted by Crippen LogP contribution is 2.22. The van der Waals surface area contributed by atoms with E-state index >= 15 is 0 Å². The first-order valence-corrected chi connectivity index (χ1v) is 6.35. The molecule has 1 atom stereocenters. The van der Waals surface area contributed by atoms with Gasteiger partial charge in [-0.05, 0) is 30.5 Å². The van der Waals surface area contributed by atoms with E-state index in [1.54, 1.807) is 7.11 Å². The van der Waals surface area contributed by atoms with Gasteiger partial charge < -0.3 is 9.47 Å². The van der Waals surface area contributed by atoms with Crippen LogP contribution in [-0.4, -0.2) is 26.9 Å². The number of aryl methyl sites for hydroxylation is 1. The van der Waals surface area contributed by atoms with Crippen LogP contribution in [0.3, 0.4) is 0 Å². The van der Waals surface area contributed by atoms with Crippen LogP contribution in [0.25, 0.3) is 0 Å². The molecule has 102 valence electrons. The standard InChI is InChI=1S/C13H21ClN2O2/c1-10-3-4-11(9-12(10)14)13(16-15)5-6-18-8-7-17-2/h3-4,9,13,16H,5-8,15H2,1-2H3. The second-order valence-electron chi connectivity index (χ2n) is 4.12. The zero-order valence-corrected chi connectivity index (χ0v) is 11.7. The number of hydrogen-bond acceptors (Lipinski definition) is 4. The molecule has 0 aliphatic rings. The fraction of sp³-hybridized carbons (Fsp3) is 0.538. The maximum absolute atomic E-state index is 6.10. The van der Waals surface area contributed by atoms with E-state index in [9.17, 15) is 0 Å². The lowest BCUT2D eigenvalue weighted by molar-refractivity contribution is 0.0658. The molecule has 0 amide bonds. The van der Waals surface area contributed by atoms with Crippen LogP contribution in [0.5, 0.6) is 0 Å². The predicted octanol–water partition coefficient (Wildman–Crippen LogP) is 2.21. The molecule has 0 radical (unpaired) electrons. The highest BCUT2D eigenvalue weighted by Gasteiger charge is 2.10. The maximum Gasteiger partial charge on any atom is 0.0700 e. The van der Waals surface area contributed by atoms with Gasteiger partial charge >= 0.3 is 0 Å². The van der Waals surface area contributed by atoms with Gasteiger partial charge in [0.05, 0.1) is 13.2 Å². The van der Waals surface area contributed by atoms with E-state index in [1.807, 2.05) is 25.1 Å². The van der Waals surface area contributed by atoms with E-state index in [0.29, 0.717) is 19.8 Å². The molecule has 1 unspecified atom stereocenters. The molecule has 1 aromatic rings. The molecule has 5 heteroatoms. The predicted molar refractivity (Wildman–Crippen MR) is 73.6 cm³/mol. The van der Waals surface area contributed by atoms with Gasteiger partial charge in [0, 0.05) is 24.8 Å². The van der Waals surface area contributed by atoms with Crippen molar-refractivity contribution in [3.05, 3.63) is 34.3 Å². The Morgan fingerprint density at radius 1 is 1.33 bits per heavy atom. The molecule has 0 aromatic heterocycles. The van der Waals surface area contributed by atoms with Gasteiger partial charge in [-0.1, -0.05) is 23.7 Å². The van der Waals surface area contributed by atoms with Crippen LogP contribution in [0.1, 0.15) is 23.6 Å². The molecule has 0 aliphatic carbocycles. The van der Waals surface area contributed by atoms with Gasteiger partial charge in [-0.2, -0.15) is 0 Å². The second-order valence-corrected chi connectivity index (χ2v) is 4.53.